The zero-order valence-electron chi connectivity index (χ0n) is 27.4. The first-order chi connectivity index (χ1) is 25.3. The average Bonchev–Trinajstić information content (AvgIpc) is 3.90. The molecule has 0 N–H and O–H groups in total. The number of nitrogens with zero attached hydrogens (tertiary/aromatic N) is 7. The molecule has 0 aliphatic heterocycles. The van der Waals surface area contributed by atoms with Crippen LogP contribution in [0.2, 0.25) is 0 Å². The lowest BCUT2D eigenvalue weighted by atomic mass is 10.1. The number of pyridine rings is 1. The highest BCUT2D eigenvalue weighted by molar-refractivity contribution is 5.91. The number of hydrogen-bond acceptors (Lipinski definition) is 4. The normalized spacial score (nSPS) is 11.5. The fourth-order valence-electron chi connectivity index (χ4n) is 7.15. The zero-order chi connectivity index (χ0) is 33.7. The molecule has 7 nitrogen and oxygen atoms in total. The third-order valence-corrected chi connectivity index (χ3v) is 9.37. The third kappa shape index (κ3) is 4.67. The summed E-state index contributed by atoms with van der Waals surface area (Å²) in [6.07, 6.45) is 3.67. The molecule has 0 aliphatic carbocycles. The standard InChI is InChI=1S/C44H29N7/c1-4-15-30(16-5-1)42-46-33-21-10-12-23-36(33)49(42)39-25-14-26-40(50-37-24-13-11-22-34(37)47-43(50)31-17-6-2-7-18-31)41(39)51-38-27-28-45-29-35(38)48-44(51)32-19-8-3-9-20-32/h1-29H. The van der Waals surface area contributed by atoms with Gasteiger partial charge in [-0.05, 0) is 42.5 Å². The molecule has 0 radical (unpaired) electrons. The summed E-state index contributed by atoms with van der Waals surface area (Å²) >= 11 is 0. The van der Waals surface area contributed by atoms with Crippen LogP contribution in [0.15, 0.2) is 176 Å². The van der Waals surface area contributed by atoms with Gasteiger partial charge in [0, 0.05) is 22.9 Å². The molecule has 0 amide bonds. The predicted octanol–water partition coefficient (Wildman–Crippen LogP) is 10.1. The highest BCUT2D eigenvalue weighted by Gasteiger charge is 2.26. The Kier molecular flexibility index (Phi) is 6.67. The summed E-state index contributed by atoms with van der Waals surface area (Å²) < 4.78 is 6.85. The van der Waals surface area contributed by atoms with Crippen molar-refractivity contribution in [3.8, 4) is 51.2 Å². The highest BCUT2D eigenvalue weighted by Crippen LogP contribution is 2.40. The lowest BCUT2D eigenvalue weighted by molar-refractivity contribution is 0.992. The molecule has 51 heavy (non-hydrogen) atoms. The lowest BCUT2D eigenvalue weighted by Gasteiger charge is -2.22. The van der Waals surface area contributed by atoms with Crippen molar-refractivity contribution in [2.24, 2.45) is 0 Å². The van der Waals surface area contributed by atoms with Gasteiger partial charge in [0.05, 0.1) is 50.8 Å². The van der Waals surface area contributed by atoms with E-state index in [1.807, 2.05) is 48.8 Å². The Morgan fingerprint density at radius 1 is 0.333 bits per heavy atom. The van der Waals surface area contributed by atoms with E-state index in [2.05, 4.69) is 146 Å². The maximum Gasteiger partial charge on any atom is 0.145 e. The van der Waals surface area contributed by atoms with Gasteiger partial charge >= 0.3 is 0 Å². The van der Waals surface area contributed by atoms with Crippen molar-refractivity contribution in [2.45, 2.75) is 0 Å². The van der Waals surface area contributed by atoms with Crippen LogP contribution in [0, 0.1) is 0 Å². The quantitative estimate of drug-likeness (QED) is 0.179. The third-order valence-electron chi connectivity index (χ3n) is 9.37. The van der Waals surface area contributed by atoms with Crippen molar-refractivity contribution in [3.63, 3.8) is 0 Å². The molecule has 0 unspecified atom stereocenters. The minimum absolute atomic E-state index is 0.801. The second-order valence-corrected chi connectivity index (χ2v) is 12.4. The SMILES string of the molecule is c1ccc(-c2nc3ccccc3n2-c2cccc(-n3c(-c4ccccc4)nc4ccccc43)c2-n2c(-c3ccccc3)nc3cnccc32)cc1. The minimum Gasteiger partial charge on any atom is -0.290 e. The maximum atomic E-state index is 5.24. The van der Waals surface area contributed by atoms with Crippen LogP contribution in [0.5, 0.6) is 0 Å². The number of aromatic nitrogens is 7. The van der Waals surface area contributed by atoms with Gasteiger partial charge in [0.25, 0.3) is 0 Å². The Balaban J connectivity index is 1.41. The predicted molar refractivity (Wildman–Crippen MR) is 204 cm³/mol. The number of benzene rings is 6. The molecular formula is C44H29N7. The number of rotatable bonds is 6. The van der Waals surface area contributed by atoms with E-state index in [-0.39, 0.29) is 0 Å². The Morgan fingerprint density at radius 2 is 0.745 bits per heavy atom. The van der Waals surface area contributed by atoms with Gasteiger partial charge in [-0.25, -0.2) is 15.0 Å². The summed E-state index contributed by atoms with van der Waals surface area (Å²) in [5.41, 5.74) is 11.4. The van der Waals surface area contributed by atoms with Gasteiger partial charge in [-0.2, -0.15) is 0 Å². The van der Waals surface area contributed by atoms with Crippen molar-refractivity contribution >= 4 is 33.1 Å². The van der Waals surface area contributed by atoms with Crippen LogP contribution < -0.4 is 0 Å². The number of imidazole rings is 3. The zero-order valence-corrected chi connectivity index (χ0v) is 27.4. The van der Waals surface area contributed by atoms with E-state index >= 15 is 0 Å². The number of para-hydroxylation sites is 5. The van der Waals surface area contributed by atoms with Gasteiger partial charge in [-0.15, -0.1) is 0 Å². The summed E-state index contributed by atoms with van der Waals surface area (Å²) in [6.45, 7) is 0. The first-order valence-corrected chi connectivity index (χ1v) is 16.9. The van der Waals surface area contributed by atoms with Gasteiger partial charge < -0.3 is 0 Å². The molecule has 7 heteroatoms. The van der Waals surface area contributed by atoms with Crippen LogP contribution in [0.3, 0.4) is 0 Å². The van der Waals surface area contributed by atoms with Gasteiger partial charge in [-0.3, -0.25) is 18.7 Å². The van der Waals surface area contributed by atoms with E-state index in [0.29, 0.717) is 0 Å². The summed E-state index contributed by atoms with van der Waals surface area (Å²) in [7, 11) is 0. The molecule has 0 saturated carbocycles. The van der Waals surface area contributed by atoms with Gasteiger partial charge in [0.15, 0.2) is 0 Å². The maximum absolute atomic E-state index is 5.24. The van der Waals surface area contributed by atoms with Crippen LogP contribution in [0.25, 0.3) is 84.3 Å². The van der Waals surface area contributed by atoms with Crippen LogP contribution in [-0.2, 0) is 0 Å². The molecule has 10 rings (SSSR count). The van der Waals surface area contributed by atoms with Crippen LogP contribution in [0.1, 0.15) is 0 Å². The fraction of sp³-hybridized carbons (Fsp3) is 0. The molecule has 10 aromatic rings. The van der Waals surface area contributed by atoms with E-state index in [4.69, 9.17) is 15.0 Å². The molecule has 0 aliphatic rings. The molecule has 4 heterocycles. The van der Waals surface area contributed by atoms with Gasteiger partial charge in [0.2, 0.25) is 0 Å². The smallest absolute Gasteiger partial charge is 0.145 e. The molecule has 0 fully saturated rings. The molecule has 0 spiro atoms. The van der Waals surface area contributed by atoms with E-state index in [1.54, 1.807) is 0 Å². The van der Waals surface area contributed by atoms with Crippen molar-refractivity contribution in [2.75, 3.05) is 0 Å². The van der Waals surface area contributed by atoms with Crippen LogP contribution in [-0.4, -0.2) is 33.6 Å². The van der Waals surface area contributed by atoms with Crippen molar-refractivity contribution in [3.05, 3.63) is 176 Å². The molecule has 0 saturated heterocycles. The summed E-state index contributed by atoms with van der Waals surface area (Å²) in [5.74, 6) is 2.51. The molecule has 0 atom stereocenters. The van der Waals surface area contributed by atoms with Crippen LogP contribution in [0.4, 0.5) is 0 Å². The van der Waals surface area contributed by atoms with Crippen molar-refractivity contribution in [1.82, 2.24) is 33.6 Å². The summed E-state index contributed by atoms with van der Waals surface area (Å²) in [6, 6.07) is 56.3. The molecule has 240 valence electrons. The van der Waals surface area contributed by atoms with Crippen LogP contribution >= 0.6 is 0 Å². The lowest BCUT2D eigenvalue weighted by Crippen LogP contribution is -2.11. The van der Waals surface area contributed by atoms with Gasteiger partial charge in [0.1, 0.15) is 23.0 Å². The molecule has 6 aromatic carbocycles. The Hall–Kier alpha value is -7.12. The topological polar surface area (TPSA) is 66.3 Å². The Bertz CT molecular complexity index is 2710. The first kappa shape index (κ1) is 28.9. The van der Waals surface area contributed by atoms with E-state index < -0.39 is 0 Å². The van der Waals surface area contributed by atoms with Crippen molar-refractivity contribution in [1.29, 1.82) is 0 Å². The van der Waals surface area contributed by atoms with Crippen molar-refractivity contribution < 1.29 is 0 Å². The number of hydrogen-bond donors (Lipinski definition) is 0. The second kappa shape index (κ2) is 11.8. The first-order valence-electron chi connectivity index (χ1n) is 16.9. The number of fused-ring (bicyclic) bond motifs is 3. The monoisotopic (exact) mass is 655 g/mol. The summed E-state index contributed by atoms with van der Waals surface area (Å²) in [5, 5.41) is 0. The minimum atomic E-state index is 0.801. The second-order valence-electron chi connectivity index (χ2n) is 12.4. The van der Waals surface area contributed by atoms with E-state index in [0.717, 1.165) is 84.3 Å². The Labute approximate surface area is 293 Å². The molecule has 4 aromatic heterocycles. The highest BCUT2D eigenvalue weighted by atomic mass is 15.2. The van der Waals surface area contributed by atoms with E-state index in [1.165, 1.54) is 0 Å². The average molecular weight is 656 g/mol. The largest absolute Gasteiger partial charge is 0.290 e. The van der Waals surface area contributed by atoms with Gasteiger partial charge in [-0.1, -0.05) is 121 Å². The van der Waals surface area contributed by atoms with E-state index in [9.17, 15) is 0 Å². The Morgan fingerprint density at radius 3 is 1.25 bits per heavy atom. The molecular weight excluding hydrogens is 627 g/mol. The summed E-state index contributed by atoms with van der Waals surface area (Å²) in [4.78, 5) is 20.2. The fourth-order valence-corrected chi connectivity index (χ4v) is 7.15. The molecule has 0 bridgehead atoms.